The molecule has 9 nitrogen and oxygen atoms in total. The number of carbonyl (C=O) groups is 3. The molecule has 1 N–H and O–H groups in total. The molecule has 2 amide bonds. The van der Waals surface area contributed by atoms with Crippen molar-refractivity contribution in [3.05, 3.63) is 53.6 Å². The lowest BCUT2D eigenvalue weighted by atomic mass is 9.68. The Morgan fingerprint density at radius 3 is 2.31 bits per heavy atom. The molecule has 4 aliphatic rings. The third kappa shape index (κ3) is 4.97. The summed E-state index contributed by atoms with van der Waals surface area (Å²) in [6.45, 7) is 2.66. The zero-order valence-electron chi connectivity index (χ0n) is 24.3. The van der Waals surface area contributed by atoms with Gasteiger partial charge in [0.05, 0.1) is 29.3 Å². The van der Waals surface area contributed by atoms with E-state index < -0.39 is 21.4 Å². The molecular weight excluding hydrogens is 554 g/mol. The number of esters is 1. The third-order valence-corrected chi connectivity index (χ3v) is 11.6. The highest BCUT2D eigenvalue weighted by atomic mass is 32.2. The lowest BCUT2D eigenvalue weighted by molar-refractivity contribution is -0.130. The number of hydrogen-bond acceptors (Lipinski definition) is 6. The minimum absolute atomic E-state index is 0.00190. The summed E-state index contributed by atoms with van der Waals surface area (Å²) >= 11 is 0. The molecule has 1 spiro atoms. The van der Waals surface area contributed by atoms with Gasteiger partial charge in [-0.1, -0.05) is 25.3 Å². The maximum Gasteiger partial charge on any atom is 0.337 e. The van der Waals surface area contributed by atoms with Crippen molar-refractivity contribution in [1.29, 1.82) is 0 Å². The molecule has 2 saturated carbocycles. The zero-order chi connectivity index (χ0) is 29.6. The number of ether oxygens (including phenoxy) is 1. The van der Waals surface area contributed by atoms with Crippen LogP contribution in [0.5, 0.6) is 0 Å². The van der Waals surface area contributed by atoms with Crippen LogP contribution in [0.15, 0.2) is 47.4 Å². The average Bonchev–Trinajstić information content (AvgIpc) is 3.81. The molecule has 1 saturated heterocycles. The Kier molecular flexibility index (Phi) is 7.53. The highest BCUT2D eigenvalue weighted by Crippen LogP contribution is 2.59. The van der Waals surface area contributed by atoms with Gasteiger partial charge in [0.2, 0.25) is 11.8 Å². The topological polar surface area (TPSA) is 113 Å². The molecule has 1 atom stereocenters. The van der Waals surface area contributed by atoms with Gasteiger partial charge >= 0.3 is 5.97 Å². The number of benzene rings is 2. The maximum absolute atomic E-state index is 14.5. The molecule has 0 radical (unpaired) electrons. The van der Waals surface area contributed by atoms with Crippen LogP contribution in [0.1, 0.15) is 80.6 Å². The number of fused-ring (bicyclic) bond motifs is 2. The minimum atomic E-state index is -4.07. The van der Waals surface area contributed by atoms with Crippen LogP contribution in [0.25, 0.3) is 0 Å². The number of piperidine rings is 1. The van der Waals surface area contributed by atoms with Gasteiger partial charge in [-0.15, -0.1) is 0 Å². The quantitative estimate of drug-likeness (QED) is 0.479. The Hall–Kier alpha value is -3.40. The van der Waals surface area contributed by atoms with E-state index in [0.717, 1.165) is 50.5 Å². The molecule has 3 fully saturated rings. The summed E-state index contributed by atoms with van der Waals surface area (Å²) in [6.07, 6.45) is 8.19. The van der Waals surface area contributed by atoms with Crippen molar-refractivity contribution >= 4 is 39.2 Å². The van der Waals surface area contributed by atoms with E-state index in [9.17, 15) is 22.8 Å². The minimum Gasteiger partial charge on any atom is -0.465 e. The van der Waals surface area contributed by atoms with Crippen LogP contribution >= 0.6 is 0 Å². The monoisotopic (exact) mass is 593 g/mol. The zero-order valence-corrected chi connectivity index (χ0v) is 25.1. The largest absolute Gasteiger partial charge is 0.465 e. The first-order chi connectivity index (χ1) is 20.2. The number of methoxy groups -OCH3 is 1. The van der Waals surface area contributed by atoms with Gasteiger partial charge in [-0.3, -0.25) is 13.9 Å². The Morgan fingerprint density at radius 1 is 0.952 bits per heavy atom. The Morgan fingerprint density at radius 2 is 1.67 bits per heavy atom. The van der Waals surface area contributed by atoms with Gasteiger partial charge < -0.3 is 15.0 Å². The molecule has 0 bridgehead atoms. The van der Waals surface area contributed by atoms with E-state index in [-0.39, 0.29) is 40.2 Å². The fourth-order valence-corrected chi connectivity index (χ4v) is 9.33. The van der Waals surface area contributed by atoms with Gasteiger partial charge in [-0.05, 0) is 86.4 Å². The number of amides is 2. The Bertz CT molecular complexity index is 1500. The number of nitrogens with one attached hydrogen (secondary N) is 1. The van der Waals surface area contributed by atoms with Gasteiger partial charge in [0.1, 0.15) is 0 Å². The van der Waals surface area contributed by atoms with Crippen molar-refractivity contribution in [2.24, 2.45) is 11.8 Å². The van der Waals surface area contributed by atoms with Crippen LogP contribution in [0.3, 0.4) is 0 Å². The molecule has 1 unspecified atom stereocenters. The van der Waals surface area contributed by atoms with Crippen LogP contribution in [0, 0.1) is 11.8 Å². The lowest BCUT2D eigenvalue weighted by Crippen LogP contribution is -2.54. The predicted octanol–water partition coefficient (Wildman–Crippen LogP) is 4.86. The van der Waals surface area contributed by atoms with Gasteiger partial charge in [0.25, 0.3) is 10.0 Å². The van der Waals surface area contributed by atoms with Crippen LogP contribution in [0.4, 0.5) is 11.4 Å². The van der Waals surface area contributed by atoms with Crippen molar-refractivity contribution in [3.63, 3.8) is 0 Å². The fourth-order valence-electron chi connectivity index (χ4n) is 7.48. The maximum atomic E-state index is 14.5. The summed E-state index contributed by atoms with van der Waals surface area (Å²) in [7, 11) is -2.80. The van der Waals surface area contributed by atoms with Crippen molar-refractivity contribution in [1.82, 2.24) is 4.90 Å². The third-order valence-electron chi connectivity index (χ3n) is 9.81. The molecule has 224 valence electrons. The number of rotatable bonds is 6. The molecule has 2 aliphatic carbocycles. The Labute approximate surface area is 247 Å². The first-order valence-corrected chi connectivity index (χ1v) is 16.5. The fraction of sp³-hybridized carbons (Fsp3) is 0.531. The molecule has 2 aromatic carbocycles. The van der Waals surface area contributed by atoms with E-state index in [0.29, 0.717) is 37.3 Å². The van der Waals surface area contributed by atoms with Gasteiger partial charge in [-0.25, -0.2) is 13.2 Å². The normalized spacial score (nSPS) is 22.1. The van der Waals surface area contributed by atoms with Crippen LogP contribution in [-0.4, -0.2) is 57.3 Å². The molecule has 2 aliphatic heterocycles. The van der Waals surface area contributed by atoms with E-state index in [1.54, 1.807) is 29.4 Å². The summed E-state index contributed by atoms with van der Waals surface area (Å²) in [5.41, 5.74) is 1.88. The van der Waals surface area contributed by atoms with Gasteiger partial charge in [-0.2, -0.15) is 0 Å². The van der Waals surface area contributed by atoms with Gasteiger partial charge in [0, 0.05) is 37.0 Å². The standard InChI is InChI=1S/C32H39N3O6S/c1-21(36)34-17-15-32(16-18-34)27-20-25(33-30(37)23-7-4-3-5-8-23)13-14-28(27)35(29(32)22-11-12-22)42(39,40)26-10-6-9-24(19-26)31(38)41-2/h6,9-10,13-14,19-20,22-23,29H,3-5,7-8,11-12,15-18H2,1-2H3,(H,33,37). The second-order valence-electron chi connectivity index (χ2n) is 12.3. The average molecular weight is 594 g/mol. The van der Waals surface area contributed by atoms with E-state index >= 15 is 0 Å². The van der Waals surface area contributed by atoms with E-state index in [1.807, 2.05) is 17.0 Å². The number of anilines is 2. The second kappa shape index (κ2) is 11.0. The number of likely N-dealkylation sites (tertiary alicyclic amines) is 1. The predicted molar refractivity (Wildman–Crippen MR) is 159 cm³/mol. The highest BCUT2D eigenvalue weighted by molar-refractivity contribution is 7.93. The van der Waals surface area contributed by atoms with Crippen molar-refractivity contribution in [3.8, 4) is 0 Å². The summed E-state index contributed by atoms with van der Waals surface area (Å²) in [6, 6.07) is 11.3. The van der Waals surface area contributed by atoms with E-state index in [1.165, 1.54) is 19.2 Å². The number of nitrogens with zero attached hydrogens (tertiary/aromatic N) is 2. The van der Waals surface area contributed by atoms with Crippen LogP contribution in [0.2, 0.25) is 0 Å². The smallest absolute Gasteiger partial charge is 0.337 e. The first kappa shape index (κ1) is 28.7. The summed E-state index contributed by atoms with van der Waals surface area (Å²) < 4.78 is 35.5. The summed E-state index contributed by atoms with van der Waals surface area (Å²) in [4.78, 5) is 39.5. The molecule has 6 rings (SSSR count). The summed E-state index contributed by atoms with van der Waals surface area (Å²) in [5.74, 6) is -0.378. The summed E-state index contributed by atoms with van der Waals surface area (Å²) in [5, 5.41) is 3.14. The van der Waals surface area contributed by atoms with Crippen LogP contribution < -0.4 is 9.62 Å². The van der Waals surface area contributed by atoms with E-state index in [4.69, 9.17) is 4.74 Å². The van der Waals surface area contributed by atoms with Crippen LogP contribution in [-0.2, 0) is 29.8 Å². The second-order valence-corrected chi connectivity index (χ2v) is 14.1. The van der Waals surface area contributed by atoms with Crippen molar-refractivity contribution in [2.45, 2.75) is 81.1 Å². The molecule has 2 heterocycles. The number of carbonyl (C=O) groups excluding carboxylic acids is 3. The Balaban J connectivity index is 1.43. The first-order valence-electron chi connectivity index (χ1n) is 15.1. The molecule has 0 aromatic heterocycles. The molecule has 42 heavy (non-hydrogen) atoms. The molecule has 2 aromatic rings. The molecular formula is C32H39N3O6S. The number of sulfonamides is 1. The van der Waals surface area contributed by atoms with E-state index in [2.05, 4.69) is 5.32 Å². The van der Waals surface area contributed by atoms with Gasteiger partial charge in [0.15, 0.2) is 0 Å². The number of hydrogen-bond donors (Lipinski definition) is 1. The SMILES string of the molecule is COC(=O)c1cccc(S(=O)(=O)N2c3ccc(NC(=O)C4CCCCC4)cc3C3(CCN(C(C)=O)CC3)C2C2CC2)c1. The lowest BCUT2D eigenvalue weighted by Gasteiger charge is -2.45. The van der Waals surface area contributed by atoms with Crippen molar-refractivity contribution < 1.29 is 27.5 Å². The van der Waals surface area contributed by atoms with Crippen molar-refractivity contribution in [2.75, 3.05) is 29.8 Å². The highest BCUT2D eigenvalue weighted by Gasteiger charge is 2.60. The molecule has 10 heteroatoms.